The number of carbonyl (C=O) groups is 1. The molecule has 1 aromatic heterocycles. The van der Waals surface area contributed by atoms with Gasteiger partial charge in [-0.15, -0.1) is 0 Å². The summed E-state index contributed by atoms with van der Waals surface area (Å²) in [6, 6.07) is 17.4. The van der Waals surface area contributed by atoms with Gasteiger partial charge in [0, 0.05) is 18.4 Å². The number of ether oxygens (including phenoxy) is 1. The molecule has 0 atom stereocenters. The highest BCUT2D eigenvalue weighted by Crippen LogP contribution is 2.30. The normalized spacial score (nSPS) is 13.9. The van der Waals surface area contributed by atoms with Crippen LogP contribution in [0.1, 0.15) is 36.0 Å². The average molecular weight is 374 g/mol. The first-order valence-corrected chi connectivity index (χ1v) is 9.50. The van der Waals surface area contributed by atoms with Gasteiger partial charge in [0.25, 0.3) is 5.91 Å². The molecular formula is C22H22N4O2. The second kappa shape index (κ2) is 8.52. The molecule has 0 radical (unpaired) electrons. The van der Waals surface area contributed by atoms with Crippen LogP contribution in [0.15, 0.2) is 67.0 Å². The molecule has 6 nitrogen and oxygen atoms in total. The number of rotatable bonds is 6. The molecule has 1 aliphatic rings. The molecule has 2 N–H and O–H groups in total. The maximum absolute atomic E-state index is 12.3. The number of aromatic nitrogens is 2. The summed E-state index contributed by atoms with van der Waals surface area (Å²) in [7, 11) is 0. The average Bonchev–Trinajstić information content (AvgIpc) is 3.24. The van der Waals surface area contributed by atoms with Gasteiger partial charge in [-0.05, 0) is 37.1 Å². The lowest BCUT2D eigenvalue weighted by Crippen LogP contribution is -2.32. The molecule has 28 heavy (non-hydrogen) atoms. The van der Waals surface area contributed by atoms with Crippen LogP contribution in [0.5, 0.6) is 11.5 Å². The number of nitrogens with one attached hydrogen (secondary N) is 2. The first kappa shape index (κ1) is 18.0. The van der Waals surface area contributed by atoms with E-state index >= 15 is 0 Å². The predicted molar refractivity (Wildman–Crippen MR) is 108 cm³/mol. The molecule has 1 saturated carbocycles. The van der Waals surface area contributed by atoms with E-state index in [0.29, 0.717) is 17.3 Å². The Morgan fingerprint density at radius 3 is 2.36 bits per heavy atom. The van der Waals surface area contributed by atoms with E-state index in [1.54, 1.807) is 12.4 Å². The van der Waals surface area contributed by atoms with Crippen LogP contribution >= 0.6 is 0 Å². The smallest absolute Gasteiger partial charge is 0.254 e. The number of carbonyl (C=O) groups excluding carboxylic acids is 1. The summed E-state index contributed by atoms with van der Waals surface area (Å²) < 4.78 is 5.94. The molecule has 6 heteroatoms. The van der Waals surface area contributed by atoms with Crippen molar-refractivity contribution in [2.75, 3.05) is 5.32 Å². The fraction of sp³-hybridized carbons (Fsp3) is 0.227. The number of nitrogens with zero attached hydrogens (tertiary/aromatic N) is 2. The molecule has 1 amide bonds. The highest BCUT2D eigenvalue weighted by molar-refractivity contribution is 5.93. The molecule has 3 aromatic rings. The fourth-order valence-corrected chi connectivity index (χ4v) is 3.24. The van der Waals surface area contributed by atoms with Gasteiger partial charge in [-0.3, -0.25) is 4.79 Å². The fourth-order valence-electron chi connectivity index (χ4n) is 3.24. The lowest BCUT2D eigenvalue weighted by Gasteiger charge is -2.13. The van der Waals surface area contributed by atoms with Crippen molar-refractivity contribution in [1.29, 1.82) is 0 Å². The summed E-state index contributed by atoms with van der Waals surface area (Å²) in [5.74, 6) is 1.70. The lowest BCUT2D eigenvalue weighted by molar-refractivity contribution is 0.0937. The molecule has 0 spiro atoms. The SMILES string of the molecule is O=C(NC1CCCC1)c1cnc(Nc2ccccc2Oc2ccccc2)nc1. The summed E-state index contributed by atoms with van der Waals surface area (Å²) in [5, 5.41) is 6.19. The summed E-state index contributed by atoms with van der Waals surface area (Å²) >= 11 is 0. The number of benzene rings is 2. The standard InChI is InChI=1S/C22H22N4O2/c27-21(25-17-8-4-5-9-17)16-14-23-22(24-15-16)26-19-12-6-7-13-20(19)28-18-10-2-1-3-11-18/h1-3,6-7,10-15,17H,4-5,8-9H2,(H,25,27)(H,23,24,26). The first-order valence-electron chi connectivity index (χ1n) is 9.50. The van der Waals surface area contributed by atoms with E-state index in [-0.39, 0.29) is 11.9 Å². The van der Waals surface area contributed by atoms with E-state index in [1.807, 2.05) is 54.6 Å². The maximum atomic E-state index is 12.3. The van der Waals surface area contributed by atoms with E-state index < -0.39 is 0 Å². The van der Waals surface area contributed by atoms with Crippen molar-refractivity contribution < 1.29 is 9.53 Å². The quantitative estimate of drug-likeness (QED) is 0.655. The van der Waals surface area contributed by atoms with Crippen molar-refractivity contribution in [2.45, 2.75) is 31.7 Å². The van der Waals surface area contributed by atoms with Gasteiger partial charge < -0.3 is 15.4 Å². The predicted octanol–water partition coefficient (Wildman–Crippen LogP) is 4.68. The van der Waals surface area contributed by atoms with Gasteiger partial charge in [-0.25, -0.2) is 9.97 Å². The Bertz CT molecular complexity index is 923. The van der Waals surface area contributed by atoms with E-state index in [9.17, 15) is 4.79 Å². The van der Waals surface area contributed by atoms with E-state index in [2.05, 4.69) is 20.6 Å². The van der Waals surface area contributed by atoms with Gasteiger partial charge in [-0.2, -0.15) is 0 Å². The Morgan fingerprint density at radius 2 is 1.61 bits per heavy atom. The molecule has 4 rings (SSSR count). The van der Waals surface area contributed by atoms with Gasteiger partial charge in [0.05, 0.1) is 11.3 Å². The van der Waals surface area contributed by atoms with Crippen molar-refractivity contribution in [1.82, 2.24) is 15.3 Å². The van der Waals surface area contributed by atoms with Crippen LogP contribution < -0.4 is 15.4 Å². The van der Waals surface area contributed by atoms with E-state index in [1.165, 1.54) is 12.8 Å². The van der Waals surface area contributed by atoms with Gasteiger partial charge in [0.1, 0.15) is 5.75 Å². The zero-order chi connectivity index (χ0) is 19.2. The minimum Gasteiger partial charge on any atom is -0.455 e. The monoisotopic (exact) mass is 374 g/mol. The Kier molecular flexibility index (Phi) is 5.47. The largest absolute Gasteiger partial charge is 0.455 e. The summed E-state index contributed by atoms with van der Waals surface area (Å²) in [4.78, 5) is 20.9. The molecule has 0 bridgehead atoms. The molecule has 2 aromatic carbocycles. The summed E-state index contributed by atoms with van der Waals surface area (Å²) in [5.41, 5.74) is 1.21. The van der Waals surface area contributed by atoms with Crippen LogP contribution in [-0.4, -0.2) is 21.9 Å². The molecular weight excluding hydrogens is 352 g/mol. The maximum Gasteiger partial charge on any atom is 0.254 e. The van der Waals surface area contributed by atoms with Gasteiger partial charge >= 0.3 is 0 Å². The van der Waals surface area contributed by atoms with Crippen LogP contribution in [0.3, 0.4) is 0 Å². The number of amides is 1. The van der Waals surface area contributed by atoms with Crippen LogP contribution in [0.4, 0.5) is 11.6 Å². The third-order valence-corrected chi connectivity index (χ3v) is 4.71. The van der Waals surface area contributed by atoms with Crippen LogP contribution in [0.25, 0.3) is 0 Å². The van der Waals surface area contributed by atoms with Crippen LogP contribution in [0.2, 0.25) is 0 Å². The van der Waals surface area contributed by atoms with Crippen molar-refractivity contribution >= 4 is 17.5 Å². The Labute approximate surface area is 164 Å². The third-order valence-electron chi connectivity index (χ3n) is 4.71. The summed E-state index contributed by atoms with van der Waals surface area (Å²) in [6.45, 7) is 0. The van der Waals surface area contributed by atoms with Gasteiger partial charge in [0.15, 0.2) is 5.75 Å². The molecule has 1 aliphatic carbocycles. The molecule has 142 valence electrons. The highest BCUT2D eigenvalue weighted by Gasteiger charge is 2.18. The molecule has 0 unspecified atom stereocenters. The lowest BCUT2D eigenvalue weighted by atomic mass is 10.2. The van der Waals surface area contributed by atoms with Crippen LogP contribution in [0, 0.1) is 0 Å². The van der Waals surface area contributed by atoms with Crippen molar-refractivity contribution in [3.8, 4) is 11.5 Å². The van der Waals surface area contributed by atoms with E-state index in [0.717, 1.165) is 24.3 Å². The van der Waals surface area contributed by atoms with Crippen LogP contribution in [-0.2, 0) is 0 Å². The minimum absolute atomic E-state index is 0.119. The van der Waals surface area contributed by atoms with Crippen molar-refractivity contribution in [2.24, 2.45) is 0 Å². The number of para-hydroxylation sites is 3. The Balaban J connectivity index is 1.44. The topological polar surface area (TPSA) is 76.1 Å². The Hall–Kier alpha value is -3.41. The first-order chi connectivity index (χ1) is 13.8. The van der Waals surface area contributed by atoms with Gasteiger partial charge in [0.2, 0.25) is 5.95 Å². The minimum atomic E-state index is -0.119. The molecule has 1 heterocycles. The number of anilines is 2. The number of hydrogen-bond donors (Lipinski definition) is 2. The van der Waals surface area contributed by atoms with E-state index in [4.69, 9.17) is 4.74 Å². The molecule has 0 aliphatic heterocycles. The number of hydrogen-bond acceptors (Lipinski definition) is 5. The van der Waals surface area contributed by atoms with Crippen molar-refractivity contribution in [3.05, 3.63) is 72.6 Å². The molecule has 0 saturated heterocycles. The second-order valence-electron chi connectivity index (χ2n) is 6.79. The zero-order valence-electron chi connectivity index (χ0n) is 15.5. The highest BCUT2D eigenvalue weighted by atomic mass is 16.5. The zero-order valence-corrected chi connectivity index (χ0v) is 15.5. The van der Waals surface area contributed by atoms with Gasteiger partial charge in [-0.1, -0.05) is 43.2 Å². The molecule has 1 fully saturated rings. The third kappa shape index (κ3) is 4.46. The Morgan fingerprint density at radius 1 is 0.929 bits per heavy atom. The summed E-state index contributed by atoms with van der Waals surface area (Å²) in [6.07, 6.45) is 7.53. The second-order valence-corrected chi connectivity index (χ2v) is 6.79. The van der Waals surface area contributed by atoms with Crippen molar-refractivity contribution in [3.63, 3.8) is 0 Å².